The summed E-state index contributed by atoms with van der Waals surface area (Å²) in [6, 6.07) is 9.60. The normalized spacial score (nSPS) is 11.9. The van der Waals surface area contributed by atoms with Crippen LogP contribution in [0.25, 0.3) is 0 Å². The SMILES string of the molecule is CC[C@@H](C)OC(=O)CNc1ccccc1. The Kier molecular flexibility index (Phi) is 4.68. The van der Waals surface area contributed by atoms with Gasteiger partial charge >= 0.3 is 5.97 Å². The molecule has 0 unspecified atom stereocenters. The minimum absolute atomic E-state index is 0.00456. The highest BCUT2D eigenvalue weighted by Gasteiger charge is 2.06. The second kappa shape index (κ2) is 6.06. The first kappa shape index (κ1) is 11.6. The second-order valence-electron chi connectivity index (χ2n) is 3.43. The lowest BCUT2D eigenvalue weighted by molar-refractivity contribution is -0.146. The van der Waals surface area contributed by atoms with Crippen LogP contribution in [-0.2, 0) is 9.53 Å². The average Bonchev–Trinajstić information content (AvgIpc) is 2.27. The van der Waals surface area contributed by atoms with Crippen LogP contribution in [0, 0.1) is 0 Å². The fourth-order valence-electron chi connectivity index (χ4n) is 1.08. The van der Waals surface area contributed by atoms with Crippen molar-refractivity contribution >= 4 is 11.7 Å². The van der Waals surface area contributed by atoms with Crippen molar-refractivity contribution < 1.29 is 9.53 Å². The maximum absolute atomic E-state index is 11.3. The molecule has 15 heavy (non-hydrogen) atoms. The molecule has 0 saturated heterocycles. The van der Waals surface area contributed by atoms with Gasteiger partial charge in [0.05, 0.1) is 6.10 Å². The highest BCUT2D eigenvalue weighted by molar-refractivity contribution is 5.75. The first-order chi connectivity index (χ1) is 7.22. The fraction of sp³-hybridized carbons (Fsp3) is 0.417. The van der Waals surface area contributed by atoms with Gasteiger partial charge in [-0.3, -0.25) is 4.79 Å². The van der Waals surface area contributed by atoms with E-state index in [1.165, 1.54) is 0 Å². The zero-order valence-corrected chi connectivity index (χ0v) is 9.19. The molecule has 3 heteroatoms. The van der Waals surface area contributed by atoms with Crippen LogP contribution in [0.4, 0.5) is 5.69 Å². The van der Waals surface area contributed by atoms with Crippen LogP contribution in [0.5, 0.6) is 0 Å². The molecule has 1 N–H and O–H groups in total. The summed E-state index contributed by atoms with van der Waals surface area (Å²) >= 11 is 0. The van der Waals surface area contributed by atoms with E-state index in [4.69, 9.17) is 4.74 Å². The third-order valence-corrected chi connectivity index (χ3v) is 2.12. The van der Waals surface area contributed by atoms with Crippen molar-refractivity contribution in [2.45, 2.75) is 26.4 Å². The van der Waals surface area contributed by atoms with Crippen molar-refractivity contribution in [2.75, 3.05) is 11.9 Å². The summed E-state index contributed by atoms with van der Waals surface area (Å²) in [4.78, 5) is 11.3. The Morgan fingerprint density at radius 2 is 2.07 bits per heavy atom. The minimum atomic E-state index is -0.215. The number of esters is 1. The lowest BCUT2D eigenvalue weighted by atomic mass is 10.3. The van der Waals surface area contributed by atoms with Gasteiger partial charge in [0.15, 0.2) is 0 Å². The van der Waals surface area contributed by atoms with Crippen molar-refractivity contribution in [1.82, 2.24) is 0 Å². The van der Waals surface area contributed by atoms with E-state index in [2.05, 4.69) is 5.32 Å². The summed E-state index contributed by atoms with van der Waals surface area (Å²) in [7, 11) is 0. The van der Waals surface area contributed by atoms with E-state index in [9.17, 15) is 4.79 Å². The number of hydrogen-bond acceptors (Lipinski definition) is 3. The van der Waals surface area contributed by atoms with Crippen molar-refractivity contribution in [3.05, 3.63) is 30.3 Å². The molecule has 1 aromatic carbocycles. The van der Waals surface area contributed by atoms with Crippen LogP contribution < -0.4 is 5.32 Å². The molecular weight excluding hydrogens is 190 g/mol. The fourth-order valence-corrected chi connectivity index (χ4v) is 1.08. The van der Waals surface area contributed by atoms with Crippen molar-refractivity contribution in [3.63, 3.8) is 0 Å². The molecular formula is C12H17NO2. The van der Waals surface area contributed by atoms with Gasteiger partial charge in [-0.2, -0.15) is 0 Å². The number of ether oxygens (including phenoxy) is 1. The van der Waals surface area contributed by atoms with Crippen molar-refractivity contribution in [2.24, 2.45) is 0 Å². The average molecular weight is 207 g/mol. The number of carbonyl (C=O) groups is 1. The highest BCUT2D eigenvalue weighted by Crippen LogP contribution is 2.04. The van der Waals surface area contributed by atoms with Gasteiger partial charge in [0.1, 0.15) is 6.54 Å². The van der Waals surface area contributed by atoms with E-state index in [0.29, 0.717) is 0 Å². The van der Waals surface area contributed by atoms with Gasteiger partial charge in [-0.15, -0.1) is 0 Å². The van der Waals surface area contributed by atoms with E-state index in [1.54, 1.807) is 0 Å². The Labute approximate surface area is 90.4 Å². The number of rotatable bonds is 5. The monoisotopic (exact) mass is 207 g/mol. The maximum Gasteiger partial charge on any atom is 0.325 e. The molecule has 0 aliphatic rings. The van der Waals surface area contributed by atoms with Gasteiger partial charge in [-0.25, -0.2) is 0 Å². The van der Waals surface area contributed by atoms with Gasteiger partial charge < -0.3 is 10.1 Å². The molecule has 0 saturated carbocycles. The van der Waals surface area contributed by atoms with E-state index >= 15 is 0 Å². The molecule has 0 spiro atoms. The minimum Gasteiger partial charge on any atom is -0.461 e. The Balaban J connectivity index is 2.29. The highest BCUT2D eigenvalue weighted by atomic mass is 16.5. The first-order valence-corrected chi connectivity index (χ1v) is 5.20. The summed E-state index contributed by atoms with van der Waals surface area (Å²) in [5.74, 6) is -0.215. The molecule has 1 aromatic rings. The van der Waals surface area contributed by atoms with Gasteiger partial charge in [0.2, 0.25) is 0 Å². The lowest BCUT2D eigenvalue weighted by Gasteiger charge is -2.11. The van der Waals surface area contributed by atoms with Crippen LogP contribution in [-0.4, -0.2) is 18.6 Å². The quantitative estimate of drug-likeness (QED) is 0.754. The molecule has 0 fully saturated rings. The predicted octanol–water partition coefficient (Wildman–Crippen LogP) is 2.44. The molecule has 0 aliphatic carbocycles. The molecule has 1 rings (SSSR count). The second-order valence-corrected chi connectivity index (χ2v) is 3.43. The zero-order chi connectivity index (χ0) is 11.1. The van der Waals surface area contributed by atoms with Crippen LogP contribution >= 0.6 is 0 Å². The van der Waals surface area contributed by atoms with Crippen LogP contribution in [0.3, 0.4) is 0 Å². The topological polar surface area (TPSA) is 38.3 Å². The maximum atomic E-state index is 11.3. The summed E-state index contributed by atoms with van der Waals surface area (Å²) in [5.41, 5.74) is 0.929. The number of para-hydroxylation sites is 1. The molecule has 3 nitrogen and oxygen atoms in total. The molecule has 0 aliphatic heterocycles. The molecule has 82 valence electrons. The molecule has 0 aromatic heterocycles. The number of carbonyl (C=O) groups excluding carboxylic acids is 1. The summed E-state index contributed by atoms with van der Waals surface area (Å²) in [5, 5.41) is 3.00. The van der Waals surface area contributed by atoms with E-state index in [0.717, 1.165) is 12.1 Å². The van der Waals surface area contributed by atoms with Crippen molar-refractivity contribution in [1.29, 1.82) is 0 Å². The lowest BCUT2D eigenvalue weighted by Crippen LogP contribution is -2.21. The molecule has 0 radical (unpaired) electrons. The Morgan fingerprint density at radius 1 is 1.40 bits per heavy atom. The van der Waals surface area contributed by atoms with E-state index < -0.39 is 0 Å². The standard InChI is InChI=1S/C12H17NO2/c1-3-10(2)15-12(14)9-13-11-7-5-4-6-8-11/h4-8,10,13H,3,9H2,1-2H3/t10-/m1/s1. The van der Waals surface area contributed by atoms with Gasteiger partial charge in [0, 0.05) is 5.69 Å². The van der Waals surface area contributed by atoms with Crippen LogP contribution in [0.15, 0.2) is 30.3 Å². The van der Waals surface area contributed by atoms with Crippen LogP contribution in [0.2, 0.25) is 0 Å². The zero-order valence-electron chi connectivity index (χ0n) is 9.19. The molecule has 0 amide bonds. The summed E-state index contributed by atoms with van der Waals surface area (Å²) in [6.45, 7) is 4.09. The molecule has 1 atom stereocenters. The summed E-state index contributed by atoms with van der Waals surface area (Å²) in [6.07, 6.45) is 0.840. The first-order valence-electron chi connectivity index (χ1n) is 5.20. The molecule has 0 heterocycles. The van der Waals surface area contributed by atoms with Gasteiger partial charge in [0.25, 0.3) is 0 Å². The summed E-state index contributed by atoms with van der Waals surface area (Å²) < 4.78 is 5.12. The predicted molar refractivity (Wildman–Crippen MR) is 60.8 cm³/mol. The Morgan fingerprint density at radius 3 is 2.67 bits per heavy atom. The smallest absolute Gasteiger partial charge is 0.325 e. The van der Waals surface area contributed by atoms with Crippen LogP contribution in [0.1, 0.15) is 20.3 Å². The number of anilines is 1. The van der Waals surface area contributed by atoms with E-state index in [-0.39, 0.29) is 18.6 Å². The van der Waals surface area contributed by atoms with E-state index in [1.807, 2.05) is 44.2 Å². The van der Waals surface area contributed by atoms with Crippen molar-refractivity contribution in [3.8, 4) is 0 Å². The number of nitrogens with one attached hydrogen (secondary N) is 1. The molecule has 0 bridgehead atoms. The largest absolute Gasteiger partial charge is 0.461 e. The number of benzene rings is 1. The third-order valence-electron chi connectivity index (χ3n) is 2.12. The Bertz CT molecular complexity index is 298. The number of hydrogen-bond donors (Lipinski definition) is 1. The van der Waals surface area contributed by atoms with Gasteiger partial charge in [-0.05, 0) is 25.5 Å². The third kappa shape index (κ3) is 4.49. The Hall–Kier alpha value is -1.51. The van der Waals surface area contributed by atoms with Gasteiger partial charge in [-0.1, -0.05) is 25.1 Å².